The van der Waals surface area contributed by atoms with E-state index in [1.807, 2.05) is 0 Å². The van der Waals surface area contributed by atoms with Crippen molar-refractivity contribution in [2.45, 2.75) is 0 Å². The lowest BCUT2D eigenvalue weighted by atomic mass is 10.2. The normalized spacial score (nSPS) is 10.3. The molecule has 2 nitrogen and oxygen atoms in total. The van der Waals surface area contributed by atoms with Gasteiger partial charge in [0.05, 0.1) is 16.4 Å². The van der Waals surface area contributed by atoms with Crippen LogP contribution in [0.25, 0.3) is 0 Å². The minimum atomic E-state index is 0.543. The standard InChI is InChI=1S/C12H9Cl3N2/c13-7-4-8(14)6-9(5-7)17-12-10(15)2-1-3-11(12)16/h1-6,17H,16H2. The first-order valence-electron chi connectivity index (χ1n) is 4.83. The van der Waals surface area contributed by atoms with Crippen molar-refractivity contribution in [2.24, 2.45) is 0 Å². The molecule has 0 aromatic heterocycles. The van der Waals surface area contributed by atoms with Crippen molar-refractivity contribution in [1.82, 2.24) is 0 Å². The summed E-state index contributed by atoms with van der Waals surface area (Å²) in [7, 11) is 0. The quantitative estimate of drug-likeness (QED) is 0.765. The first-order valence-corrected chi connectivity index (χ1v) is 5.97. The van der Waals surface area contributed by atoms with Gasteiger partial charge in [-0.15, -0.1) is 0 Å². The molecule has 0 bridgehead atoms. The lowest BCUT2D eigenvalue weighted by Gasteiger charge is -2.11. The van der Waals surface area contributed by atoms with Crippen molar-refractivity contribution >= 4 is 51.9 Å². The molecule has 0 aliphatic heterocycles. The fourth-order valence-electron chi connectivity index (χ4n) is 1.44. The molecule has 0 aliphatic carbocycles. The summed E-state index contributed by atoms with van der Waals surface area (Å²) < 4.78 is 0. The second-order valence-corrected chi connectivity index (χ2v) is 4.77. The number of hydrogen-bond donors (Lipinski definition) is 2. The Morgan fingerprint density at radius 3 is 2.18 bits per heavy atom. The van der Waals surface area contributed by atoms with Gasteiger partial charge in [0.1, 0.15) is 0 Å². The van der Waals surface area contributed by atoms with Gasteiger partial charge in [0.15, 0.2) is 0 Å². The van der Waals surface area contributed by atoms with Gasteiger partial charge in [-0.2, -0.15) is 0 Å². The maximum absolute atomic E-state index is 6.05. The fourth-order valence-corrected chi connectivity index (χ4v) is 2.20. The molecule has 0 spiro atoms. The third-order valence-electron chi connectivity index (χ3n) is 2.18. The van der Waals surface area contributed by atoms with Gasteiger partial charge in [-0.1, -0.05) is 40.9 Å². The molecule has 2 aromatic carbocycles. The van der Waals surface area contributed by atoms with Crippen LogP contribution in [0.2, 0.25) is 15.1 Å². The van der Waals surface area contributed by atoms with Crippen LogP contribution in [0.15, 0.2) is 36.4 Å². The van der Waals surface area contributed by atoms with Crippen LogP contribution in [-0.2, 0) is 0 Å². The highest BCUT2D eigenvalue weighted by molar-refractivity contribution is 6.35. The van der Waals surface area contributed by atoms with Crippen LogP contribution in [0.5, 0.6) is 0 Å². The summed E-state index contributed by atoms with van der Waals surface area (Å²) in [6.07, 6.45) is 0. The molecule has 0 saturated carbocycles. The summed E-state index contributed by atoms with van der Waals surface area (Å²) in [6, 6.07) is 10.5. The summed E-state index contributed by atoms with van der Waals surface area (Å²) in [5, 5.41) is 4.73. The topological polar surface area (TPSA) is 38.0 Å². The number of hydrogen-bond acceptors (Lipinski definition) is 2. The molecular formula is C12H9Cl3N2. The zero-order valence-corrected chi connectivity index (χ0v) is 10.9. The maximum atomic E-state index is 6.05. The average molecular weight is 288 g/mol. The van der Waals surface area contributed by atoms with E-state index in [2.05, 4.69) is 5.32 Å². The van der Waals surface area contributed by atoms with Crippen molar-refractivity contribution in [1.29, 1.82) is 0 Å². The Balaban J connectivity index is 2.38. The number of nitrogens with one attached hydrogen (secondary N) is 1. The number of para-hydroxylation sites is 1. The van der Waals surface area contributed by atoms with E-state index in [1.165, 1.54) is 0 Å². The van der Waals surface area contributed by atoms with E-state index in [-0.39, 0.29) is 0 Å². The molecular weight excluding hydrogens is 279 g/mol. The Morgan fingerprint density at radius 1 is 0.941 bits per heavy atom. The zero-order valence-electron chi connectivity index (χ0n) is 8.68. The molecule has 0 saturated heterocycles. The lowest BCUT2D eigenvalue weighted by Crippen LogP contribution is -1.97. The van der Waals surface area contributed by atoms with E-state index in [9.17, 15) is 0 Å². The van der Waals surface area contributed by atoms with E-state index < -0.39 is 0 Å². The predicted molar refractivity (Wildman–Crippen MR) is 75.6 cm³/mol. The Morgan fingerprint density at radius 2 is 1.59 bits per heavy atom. The van der Waals surface area contributed by atoms with Crippen molar-refractivity contribution in [2.75, 3.05) is 11.1 Å². The van der Waals surface area contributed by atoms with E-state index in [4.69, 9.17) is 40.5 Å². The Hall–Kier alpha value is -1.09. The molecule has 0 unspecified atom stereocenters. The summed E-state index contributed by atoms with van der Waals surface area (Å²) in [4.78, 5) is 0. The lowest BCUT2D eigenvalue weighted by molar-refractivity contribution is 1.54. The molecule has 0 radical (unpaired) electrons. The number of nitrogens with two attached hydrogens (primary N) is 1. The second kappa shape index (κ2) is 5.05. The Kier molecular flexibility index (Phi) is 3.67. The van der Waals surface area contributed by atoms with Crippen molar-refractivity contribution in [3.63, 3.8) is 0 Å². The number of rotatable bonds is 2. The van der Waals surface area contributed by atoms with E-state index >= 15 is 0 Å². The first-order chi connectivity index (χ1) is 8.06. The number of halogens is 3. The number of anilines is 3. The third kappa shape index (κ3) is 2.97. The van der Waals surface area contributed by atoms with Crippen LogP contribution in [0.4, 0.5) is 17.1 Å². The van der Waals surface area contributed by atoms with Crippen LogP contribution >= 0.6 is 34.8 Å². The zero-order chi connectivity index (χ0) is 12.4. The van der Waals surface area contributed by atoms with Crippen LogP contribution in [0.1, 0.15) is 0 Å². The number of benzene rings is 2. The predicted octanol–water partition coefficient (Wildman–Crippen LogP) is 4.97. The van der Waals surface area contributed by atoms with Crippen molar-refractivity contribution in [3.8, 4) is 0 Å². The molecule has 88 valence electrons. The molecule has 0 fully saturated rings. The van der Waals surface area contributed by atoms with Gasteiger partial charge >= 0.3 is 0 Å². The van der Waals surface area contributed by atoms with E-state index in [1.54, 1.807) is 36.4 Å². The van der Waals surface area contributed by atoms with Gasteiger partial charge in [0, 0.05) is 15.7 Å². The van der Waals surface area contributed by atoms with Crippen LogP contribution in [0, 0.1) is 0 Å². The van der Waals surface area contributed by atoms with Gasteiger partial charge in [-0.05, 0) is 30.3 Å². The first kappa shape index (κ1) is 12.4. The molecule has 2 aromatic rings. The van der Waals surface area contributed by atoms with Crippen LogP contribution < -0.4 is 11.1 Å². The van der Waals surface area contributed by atoms with Gasteiger partial charge in [-0.25, -0.2) is 0 Å². The molecule has 0 heterocycles. The molecule has 2 rings (SSSR count). The van der Waals surface area contributed by atoms with Crippen LogP contribution in [0.3, 0.4) is 0 Å². The maximum Gasteiger partial charge on any atom is 0.0807 e. The van der Waals surface area contributed by atoms with Gasteiger partial charge < -0.3 is 11.1 Å². The molecule has 0 aliphatic rings. The number of nitrogen functional groups attached to an aromatic ring is 1. The van der Waals surface area contributed by atoms with Crippen molar-refractivity contribution < 1.29 is 0 Å². The Bertz CT molecular complexity index is 515. The van der Waals surface area contributed by atoms with Gasteiger partial charge in [0.2, 0.25) is 0 Å². The summed E-state index contributed by atoms with van der Waals surface area (Å²) in [5.74, 6) is 0. The van der Waals surface area contributed by atoms with Crippen molar-refractivity contribution in [3.05, 3.63) is 51.5 Å². The fraction of sp³-hybridized carbons (Fsp3) is 0. The Labute approximate surface area is 114 Å². The highest BCUT2D eigenvalue weighted by atomic mass is 35.5. The smallest absolute Gasteiger partial charge is 0.0807 e. The van der Waals surface area contributed by atoms with Gasteiger partial charge in [-0.3, -0.25) is 0 Å². The molecule has 0 atom stereocenters. The highest BCUT2D eigenvalue weighted by Crippen LogP contribution is 2.32. The minimum absolute atomic E-state index is 0.543. The second-order valence-electron chi connectivity index (χ2n) is 3.49. The third-order valence-corrected chi connectivity index (χ3v) is 2.93. The minimum Gasteiger partial charge on any atom is -0.397 e. The SMILES string of the molecule is Nc1cccc(Cl)c1Nc1cc(Cl)cc(Cl)c1. The van der Waals surface area contributed by atoms with E-state index in [0.29, 0.717) is 26.4 Å². The summed E-state index contributed by atoms with van der Waals surface area (Å²) in [5.41, 5.74) is 7.78. The van der Waals surface area contributed by atoms with Gasteiger partial charge in [0.25, 0.3) is 0 Å². The monoisotopic (exact) mass is 286 g/mol. The highest BCUT2D eigenvalue weighted by Gasteiger charge is 2.05. The van der Waals surface area contributed by atoms with Crippen LogP contribution in [-0.4, -0.2) is 0 Å². The molecule has 17 heavy (non-hydrogen) atoms. The van der Waals surface area contributed by atoms with E-state index in [0.717, 1.165) is 5.69 Å². The molecule has 0 amide bonds. The molecule has 3 N–H and O–H groups in total. The summed E-state index contributed by atoms with van der Waals surface area (Å²) in [6.45, 7) is 0. The molecule has 5 heteroatoms. The average Bonchev–Trinajstić information content (AvgIpc) is 2.22. The largest absolute Gasteiger partial charge is 0.397 e. The summed E-state index contributed by atoms with van der Waals surface area (Å²) >= 11 is 17.9.